The van der Waals surface area contributed by atoms with Crippen molar-refractivity contribution in [1.82, 2.24) is 9.97 Å². The Morgan fingerprint density at radius 1 is 1.05 bits per heavy atom. The molecular weight excluding hydrogens is 282 g/mol. The number of benzene rings is 1. The Bertz CT molecular complexity index is 612. The SMILES string of the molecule is CNc1cc(Nc2cc(F)c(C)cc2F)nc(SC)n1. The maximum absolute atomic E-state index is 13.8. The molecule has 0 atom stereocenters. The summed E-state index contributed by atoms with van der Waals surface area (Å²) in [5.41, 5.74) is 0.303. The Balaban J connectivity index is 2.36. The Morgan fingerprint density at radius 3 is 2.40 bits per heavy atom. The summed E-state index contributed by atoms with van der Waals surface area (Å²) in [6.45, 7) is 1.51. The summed E-state index contributed by atoms with van der Waals surface area (Å²) in [4.78, 5) is 8.40. The molecular formula is C13H14F2N4S. The number of nitrogens with zero attached hydrogens (tertiary/aromatic N) is 2. The van der Waals surface area contributed by atoms with Crippen molar-refractivity contribution in [3.63, 3.8) is 0 Å². The van der Waals surface area contributed by atoms with Crippen molar-refractivity contribution in [2.45, 2.75) is 12.1 Å². The average molecular weight is 296 g/mol. The van der Waals surface area contributed by atoms with Gasteiger partial charge in [-0.3, -0.25) is 0 Å². The van der Waals surface area contributed by atoms with Gasteiger partial charge in [0.2, 0.25) is 0 Å². The topological polar surface area (TPSA) is 49.8 Å². The van der Waals surface area contributed by atoms with Gasteiger partial charge >= 0.3 is 0 Å². The molecule has 0 aliphatic carbocycles. The van der Waals surface area contributed by atoms with E-state index in [2.05, 4.69) is 20.6 Å². The van der Waals surface area contributed by atoms with Gasteiger partial charge in [0.05, 0.1) is 5.69 Å². The maximum atomic E-state index is 13.8. The van der Waals surface area contributed by atoms with E-state index in [-0.39, 0.29) is 11.3 Å². The molecule has 0 saturated carbocycles. The molecule has 0 unspecified atom stereocenters. The summed E-state index contributed by atoms with van der Waals surface area (Å²) >= 11 is 1.36. The van der Waals surface area contributed by atoms with Crippen LogP contribution in [0.15, 0.2) is 23.4 Å². The lowest BCUT2D eigenvalue weighted by Gasteiger charge is -2.10. The van der Waals surface area contributed by atoms with Crippen LogP contribution in [0, 0.1) is 18.6 Å². The number of anilines is 3. The molecule has 20 heavy (non-hydrogen) atoms. The zero-order valence-corrected chi connectivity index (χ0v) is 12.1. The second-order valence-corrected chi connectivity index (χ2v) is 4.85. The smallest absolute Gasteiger partial charge is 0.191 e. The summed E-state index contributed by atoms with van der Waals surface area (Å²) in [5, 5.41) is 6.20. The third kappa shape index (κ3) is 3.16. The van der Waals surface area contributed by atoms with Crippen LogP contribution in [0.1, 0.15) is 5.56 Å². The zero-order chi connectivity index (χ0) is 14.7. The number of hydrogen-bond acceptors (Lipinski definition) is 5. The van der Waals surface area contributed by atoms with Crippen LogP contribution in [-0.2, 0) is 0 Å². The van der Waals surface area contributed by atoms with Gasteiger partial charge in [-0.2, -0.15) is 0 Å². The first-order valence-electron chi connectivity index (χ1n) is 5.87. The van der Waals surface area contributed by atoms with Crippen molar-refractivity contribution < 1.29 is 8.78 Å². The van der Waals surface area contributed by atoms with E-state index in [1.165, 1.54) is 18.7 Å². The van der Waals surface area contributed by atoms with E-state index in [0.717, 1.165) is 12.1 Å². The van der Waals surface area contributed by atoms with Gasteiger partial charge in [0, 0.05) is 19.2 Å². The predicted molar refractivity (Wildman–Crippen MR) is 77.7 cm³/mol. The molecule has 1 heterocycles. The van der Waals surface area contributed by atoms with Crippen molar-refractivity contribution in [2.24, 2.45) is 0 Å². The molecule has 1 aromatic heterocycles. The van der Waals surface area contributed by atoms with E-state index >= 15 is 0 Å². The number of hydrogen-bond donors (Lipinski definition) is 2. The molecule has 1 aromatic carbocycles. The molecule has 7 heteroatoms. The molecule has 0 aliphatic rings. The van der Waals surface area contributed by atoms with Crippen LogP contribution in [-0.4, -0.2) is 23.3 Å². The summed E-state index contributed by atoms with van der Waals surface area (Å²) in [5.74, 6) is -0.00296. The normalized spacial score (nSPS) is 10.4. The summed E-state index contributed by atoms with van der Waals surface area (Å²) in [6.07, 6.45) is 1.84. The van der Waals surface area contributed by atoms with Crippen LogP contribution in [0.5, 0.6) is 0 Å². The Morgan fingerprint density at radius 2 is 1.75 bits per heavy atom. The van der Waals surface area contributed by atoms with Crippen molar-refractivity contribution in [1.29, 1.82) is 0 Å². The number of halogens is 2. The highest BCUT2D eigenvalue weighted by Crippen LogP contribution is 2.24. The average Bonchev–Trinajstić information content (AvgIpc) is 2.44. The first kappa shape index (κ1) is 14.5. The zero-order valence-electron chi connectivity index (χ0n) is 11.3. The summed E-state index contributed by atoms with van der Waals surface area (Å²) < 4.78 is 27.3. The molecule has 2 aromatic rings. The quantitative estimate of drug-likeness (QED) is 0.667. The fourth-order valence-corrected chi connectivity index (χ4v) is 1.97. The molecule has 0 amide bonds. The van der Waals surface area contributed by atoms with Gasteiger partial charge in [0.15, 0.2) is 5.16 Å². The third-order valence-corrected chi connectivity index (χ3v) is 3.20. The number of nitrogens with one attached hydrogen (secondary N) is 2. The third-order valence-electron chi connectivity index (χ3n) is 2.66. The number of aryl methyl sites for hydroxylation is 1. The van der Waals surface area contributed by atoms with Gasteiger partial charge in [-0.15, -0.1) is 0 Å². The van der Waals surface area contributed by atoms with E-state index in [1.807, 2.05) is 6.26 Å². The number of rotatable bonds is 4. The van der Waals surface area contributed by atoms with Crippen LogP contribution in [0.4, 0.5) is 26.1 Å². The molecule has 0 saturated heterocycles. The molecule has 0 bridgehead atoms. The highest BCUT2D eigenvalue weighted by molar-refractivity contribution is 7.98. The molecule has 106 valence electrons. The molecule has 2 rings (SSSR count). The van der Waals surface area contributed by atoms with Gasteiger partial charge in [0.25, 0.3) is 0 Å². The summed E-state index contributed by atoms with van der Waals surface area (Å²) in [7, 11) is 1.72. The Labute approximate surface area is 120 Å². The van der Waals surface area contributed by atoms with Crippen LogP contribution in [0.25, 0.3) is 0 Å². The lowest BCUT2D eigenvalue weighted by atomic mass is 10.2. The molecule has 0 aliphatic heterocycles. The van der Waals surface area contributed by atoms with Gasteiger partial charge in [-0.1, -0.05) is 11.8 Å². The molecule has 0 fully saturated rings. The fraction of sp³-hybridized carbons (Fsp3) is 0.231. The van der Waals surface area contributed by atoms with Crippen LogP contribution in [0.3, 0.4) is 0 Å². The second-order valence-electron chi connectivity index (χ2n) is 4.08. The molecule has 0 radical (unpaired) electrons. The number of thioether (sulfide) groups is 1. The Hall–Kier alpha value is -1.89. The minimum absolute atomic E-state index is 0.0425. The first-order chi connectivity index (χ1) is 9.53. The molecule has 2 N–H and O–H groups in total. The predicted octanol–water partition coefficient (Wildman–Crippen LogP) is 3.57. The van der Waals surface area contributed by atoms with Gasteiger partial charge in [0.1, 0.15) is 23.3 Å². The fourth-order valence-electron chi connectivity index (χ4n) is 1.59. The van der Waals surface area contributed by atoms with Gasteiger partial charge < -0.3 is 10.6 Å². The van der Waals surface area contributed by atoms with Crippen molar-refractivity contribution in [3.05, 3.63) is 35.4 Å². The van der Waals surface area contributed by atoms with Crippen molar-refractivity contribution in [2.75, 3.05) is 23.9 Å². The first-order valence-corrected chi connectivity index (χ1v) is 7.09. The van der Waals surface area contributed by atoms with Crippen molar-refractivity contribution >= 4 is 29.1 Å². The molecule has 0 spiro atoms. The largest absolute Gasteiger partial charge is 0.373 e. The van der Waals surface area contributed by atoms with Crippen LogP contribution >= 0.6 is 11.8 Å². The van der Waals surface area contributed by atoms with Gasteiger partial charge in [-0.05, 0) is 24.8 Å². The van der Waals surface area contributed by atoms with E-state index in [4.69, 9.17) is 0 Å². The molecule has 4 nitrogen and oxygen atoms in total. The van der Waals surface area contributed by atoms with E-state index < -0.39 is 11.6 Å². The minimum Gasteiger partial charge on any atom is -0.373 e. The Kier molecular flexibility index (Phi) is 4.39. The van der Waals surface area contributed by atoms with Crippen molar-refractivity contribution in [3.8, 4) is 0 Å². The maximum Gasteiger partial charge on any atom is 0.191 e. The highest BCUT2D eigenvalue weighted by atomic mass is 32.2. The van der Waals surface area contributed by atoms with E-state index in [9.17, 15) is 8.78 Å². The monoisotopic (exact) mass is 296 g/mol. The standard InChI is InChI=1S/C13H14F2N4S/c1-7-4-9(15)10(5-8(7)14)17-12-6-11(16-2)18-13(19-12)20-3/h4-6H,1-3H3,(H2,16,17,18,19). The summed E-state index contributed by atoms with van der Waals surface area (Å²) in [6, 6.07) is 3.88. The highest BCUT2D eigenvalue weighted by Gasteiger charge is 2.09. The number of aromatic nitrogens is 2. The van der Waals surface area contributed by atoms with Crippen LogP contribution in [0.2, 0.25) is 0 Å². The lowest BCUT2D eigenvalue weighted by Crippen LogP contribution is -2.02. The van der Waals surface area contributed by atoms with Gasteiger partial charge in [-0.25, -0.2) is 18.7 Å². The second kappa shape index (κ2) is 6.04. The minimum atomic E-state index is -0.528. The lowest BCUT2D eigenvalue weighted by molar-refractivity contribution is 0.595. The van der Waals surface area contributed by atoms with E-state index in [0.29, 0.717) is 16.8 Å². The van der Waals surface area contributed by atoms with E-state index in [1.54, 1.807) is 13.1 Å². The van der Waals surface area contributed by atoms with Crippen LogP contribution < -0.4 is 10.6 Å².